The van der Waals surface area contributed by atoms with E-state index in [0.29, 0.717) is 22.4 Å². The van der Waals surface area contributed by atoms with Crippen LogP contribution in [-0.4, -0.2) is 51.8 Å². The van der Waals surface area contributed by atoms with Crippen LogP contribution in [0.1, 0.15) is 35.6 Å². The quantitative estimate of drug-likeness (QED) is 0.349. The second-order valence-corrected chi connectivity index (χ2v) is 13.6. The molecule has 10 heteroatoms. The van der Waals surface area contributed by atoms with Crippen molar-refractivity contribution in [2.45, 2.75) is 42.0 Å². The Labute approximate surface area is 217 Å². The van der Waals surface area contributed by atoms with E-state index in [-0.39, 0.29) is 22.3 Å². The van der Waals surface area contributed by atoms with Crippen molar-refractivity contribution < 1.29 is 21.6 Å². The number of aromatic amines is 1. The average Bonchev–Trinajstić information content (AvgIpc) is 3.61. The fraction of sp³-hybridized carbons (Fsp3) is 0.296. The second-order valence-electron chi connectivity index (χ2n) is 9.61. The number of benzene rings is 3. The Morgan fingerprint density at radius 3 is 2.27 bits per heavy atom. The number of sulfonamides is 1. The summed E-state index contributed by atoms with van der Waals surface area (Å²) in [6.07, 6.45) is 3.17. The van der Waals surface area contributed by atoms with Gasteiger partial charge in [-0.05, 0) is 66.8 Å². The lowest BCUT2D eigenvalue weighted by molar-refractivity contribution is 0.414. The highest BCUT2D eigenvalue weighted by Crippen LogP contribution is 2.46. The van der Waals surface area contributed by atoms with Crippen molar-refractivity contribution in [1.29, 1.82) is 0 Å². The number of aryl methyl sites for hydroxylation is 1. The molecule has 0 spiro atoms. The zero-order valence-electron chi connectivity index (χ0n) is 21.1. The number of nitrogens with one attached hydrogen (secondary N) is 1. The number of hydrogen-bond donors (Lipinski definition) is 1. The average molecular weight is 540 g/mol. The highest BCUT2D eigenvalue weighted by molar-refractivity contribution is 7.90. The number of nitrogens with zero attached hydrogens (tertiary/aromatic N) is 2. The molecule has 0 aliphatic heterocycles. The van der Waals surface area contributed by atoms with E-state index in [1.54, 1.807) is 63.5 Å². The van der Waals surface area contributed by atoms with Crippen molar-refractivity contribution in [2.75, 3.05) is 20.4 Å². The Morgan fingerprint density at radius 1 is 1.00 bits per heavy atom. The minimum atomic E-state index is -3.93. The van der Waals surface area contributed by atoms with Gasteiger partial charge in [-0.3, -0.25) is 5.10 Å². The molecule has 0 bridgehead atoms. The van der Waals surface area contributed by atoms with E-state index in [2.05, 4.69) is 10.2 Å². The van der Waals surface area contributed by atoms with Crippen molar-refractivity contribution in [3.63, 3.8) is 0 Å². The highest BCUT2D eigenvalue weighted by Gasteiger charge is 2.33. The number of H-pyrrole nitrogens is 1. The number of sulfone groups is 1. The molecule has 1 aliphatic rings. The summed E-state index contributed by atoms with van der Waals surface area (Å²) in [4.78, 5) is 0.380. The van der Waals surface area contributed by atoms with E-state index in [1.165, 1.54) is 10.6 Å². The summed E-state index contributed by atoms with van der Waals surface area (Å²) in [7, 11) is -4.21. The van der Waals surface area contributed by atoms with Gasteiger partial charge < -0.3 is 4.74 Å². The number of aromatic nitrogens is 2. The van der Waals surface area contributed by atoms with E-state index in [1.807, 2.05) is 12.1 Å². The van der Waals surface area contributed by atoms with Crippen LogP contribution in [-0.2, 0) is 26.4 Å². The highest BCUT2D eigenvalue weighted by atomic mass is 32.2. The SMILES string of the molecule is COc1ccc(CN(C)S(=O)(=O)c2ccc3[nH]nc(C4CC4)c3c2-c2ccc(S(C)(=O)=O)c(C)c2)cc1. The summed E-state index contributed by atoms with van der Waals surface area (Å²) in [6, 6.07) is 15.6. The Kier molecular flexibility index (Phi) is 6.37. The zero-order chi connectivity index (χ0) is 26.5. The molecule has 3 aromatic carbocycles. The van der Waals surface area contributed by atoms with Crippen LogP contribution in [0.2, 0.25) is 0 Å². The van der Waals surface area contributed by atoms with E-state index in [9.17, 15) is 16.8 Å². The maximum atomic E-state index is 14.0. The monoisotopic (exact) mass is 539 g/mol. The molecule has 194 valence electrons. The first-order valence-electron chi connectivity index (χ1n) is 11.9. The summed E-state index contributed by atoms with van der Waals surface area (Å²) in [5.41, 5.74) is 4.16. The van der Waals surface area contributed by atoms with E-state index < -0.39 is 19.9 Å². The van der Waals surface area contributed by atoms with Crippen LogP contribution in [0.3, 0.4) is 0 Å². The standard InChI is InChI=1S/C27H29N3O5S2/c1-17-15-20(9-13-23(17)36(4,31)32)25-24(14-12-22-26(25)27(29-28-22)19-7-8-19)37(33,34)30(2)16-18-5-10-21(35-3)11-6-18/h5-6,9-15,19H,7-8,16H2,1-4H3,(H,28,29). The molecule has 0 amide bonds. The van der Waals surface area contributed by atoms with Gasteiger partial charge in [-0.15, -0.1) is 0 Å². The summed E-state index contributed by atoms with van der Waals surface area (Å²) in [6.45, 7) is 1.90. The predicted molar refractivity (Wildman–Crippen MR) is 143 cm³/mol. The van der Waals surface area contributed by atoms with Crippen molar-refractivity contribution in [3.05, 3.63) is 71.4 Å². The fourth-order valence-corrected chi connectivity index (χ4v) is 7.07. The number of hydrogen-bond acceptors (Lipinski definition) is 6. The van der Waals surface area contributed by atoms with E-state index in [0.717, 1.165) is 35.0 Å². The third-order valence-electron chi connectivity index (χ3n) is 6.80. The first-order chi connectivity index (χ1) is 17.5. The summed E-state index contributed by atoms with van der Waals surface area (Å²) >= 11 is 0. The lowest BCUT2D eigenvalue weighted by Gasteiger charge is -2.21. The molecule has 1 aromatic heterocycles. The molecule has 1 N–H and O–H groups in total. The van der Waals surface area contributed by atoms with Crippen LogP contribution in [0, 0.1) is 6.92 Å². The lowest BCUT2D eigenvalue weighted by atomic mass is 9.97. The van der Waals surface area contributed by atoms with Crippen LogP contribution < -0.4 is 4.74 Å². The molecule has 0 atom stereocenters. The molecule has 37 heavy (non-hydrogen) atoms. The summed E-state index contributed by atoms with van der Waals surface area (Å²) < 4.78 is 59.0. The van der Waals surface area contributed by atoms with Crippen LogP contribution in [0.5, 0.6) is 5.75 Å². The number of fused-ring (bicyclic) bond motifs is 1. The minimum Gasteiger partial charge on any atom is -0.497 e. The van der Waals surface area contributed by atoms with Crippen molar-refractivity contribution in [3.8, 4) is 16.9 Å². The van der Waals surface area contributed by atoms with Gasteiger partial charge in [0.15, 0.2) is 9.84 Å². The van der Waals surface area contributed by atoms with Crippen molar-refractivity contribution in [2.24, 2.45) is 0 Å². The smallest absolute Gasteiger partial charge is 0.243 e. The van der Waals surface area contributed by atoms with Crippen molar-refractivity contribution >= 4 is 30.8 Å². The Hall–Kier alpha value is -3.21. The molecule has 0 radical (unpaired) electrons. The molecule has 0 saturated heterocycles. The van der Waals surface area contributed by atoms with Crippen LogP contribution in [0.4, 0.5) is 0 Å². The van der Waals surface area contributed by atoms with Crippen molar-refractivity contribution in [1.82, 2.24) is 14.5 Å². The van der Waals surface area contributed by atoms with Gasteiger partial charge in [0.1, 0.15) is 5.75 Å². The maximum absolute atomic E-state index is 14.0. The molecule has 1 heterocycles. The predicted octanol–water partition coefficient (Wildman–Crippen LogP) is 4.65. The molecule has 1 saturated carbocycles. The number of rotatable bonds is 8. The normalized spacial score (nSPS) is 14.4. The van der Waals surface area contributed by atoms with Gasteiger partial charge in [0.2, 0.25) is 10.0 Å². The first-order valence-corrected chi connectivity index (χ1v) is 15.2. The number of methoxy groups -OCH3 is 1. The molecule has 8 nitrogen and oxygen atoms in total. The molecular weight excluding hydrogens is 510 g/mol. The van der Waals surface area contributed by atoms with Crippen LogP contribution in [0.25, 0.3) is 22.0 Å². The van der Waals surface area contributed by atoms with Gasteiger partial charge in [-0.2, -0.15) is 9.40 Å². The van der Waals surface area contributed by atoms with Gasteiger partial charge in [0, 0.05) is 36.7 Å². The van der Waals surface area contributed by atoms with Gasteiger partial charge in [-0.1, -0.05) is 24.3 Å². The van der Waals surface area contributed by atoms with Gasteiger partial charge >= 0.3 is 0 Å². The fourth-order valence-electron chi connectivity index (χ4n) is 4.73. The minimum absolute atomic E-state index is 0.158. The molecular formula is C27H29N3O5S2. The largest absolute Gasteiger partial charge is 0.497 e. The molecule has 5 rings (SSSR count). The molecule has 0 unspecified atom stereocenters. The Morgan fingerprint density at radius 2 is 1.68 bits per heavy atom. The van der Waals surface area contributed by atoms with Crippen LogP contribution in [0.15, 0.2) is 64.4 Å². The Balaban J connectivity index is 1.67. The molecule has 1 fully saturated rings. The third-order valence-corrected chi connectivity index (χ3v) is 9.90. The topological polar surface area (TPSA) is 109 Å². The maximum Gasteiger partial charge on any atom is 0.243 e. The summed E-state index contributed by atoms with van der Waals surface area (Å²) in [5, 5.41) is 8.37. The van der Waals surface area contributed by atoms with Gasteiger partial charge in [0.25, 0.3) is 0 Å². The Bertz CT molecular complexity index is 1710. The number of ether oxygens (including phenoxy) is 1. The third kappa shape index (κ3) is 4.76. The second kappa shape index (κ2) is 9.27. The van der Waals surface area contributed by atoms with Gasteiger partial charge in [-0.25, -0.2) is 16.8 Å². The lowest BCUT2D eigenvalue weighted by Crippen LogP contribution is -2.27. The molecule has 1 aliphatic carbocycles. The van der Waals surface area contributed by atoms with E-state index in [4.69, 9.17) is 4.74 Å². The first kappa shape index (κ1) is 25.4. The van der Waals surface area contributed by atoms with E-state index >= 15 is 0 Å². The molecule has 4 aromatic rings. The zero-order valence-corrected chi connectivity index (χ0v) is 22.8. The summed E-state index contributed by atoms with van der Waals surface area (Å²) in [5.74, 6) is 0.973. The van der Waals surface area contributed by atoms with Crippen LogP contribution >= 0.6 is 0 Å². The van der Waals surface area contributed by atoms with Gasteiger partial charge in [0.05, 0.1) is 28.1 Å².